The minimum Gasteiger partial charge on any atom is -0.508 e. The summed E-state index contributed by atoms with van der Waals surface area (Å²) in [6.45, 7) is 2.00. The third-order valence-electron chi connectivity index (χ3n) is 2.20. The van der Waals surface area contributed by atoms with Crippen molar-refractivity contribution in [2.45, 2.75) is 25.8 Å². The maximum absolute atomic E-state index is 10.4. The number of aryl methyl sites for hydroxylation is 1. The number of aromatic hydroxyl groups is 1. The van der Waals surface area contributed by atoms with Crippen LogP contribution in [0.15, 0.2) is 18.2 Å². The van der Waals surface area contributed by atoms with E-state index in [9.17, 15) is 9.90 Å². The molecule has 0 saturated carbocycles. The number of hydrogen-bond acceptors (Lipinski definition) is 3. The molecule has 3 N–H and O–H groups in total. The zero-order valence-corrected chi connectivity index (χ0v) is 8.23. The molecule has 0 bridgehead atoms. The fourth-order valence-corrected chi connectivity index (χ4v) is 1.44. The van der Waals surface area contributed by atoms with Crippen LogP contribution in [0.25, 0.3) is 0 Å². The summed E-state index contributed by atoms with van der Waals surface area (Å²) in [5.74, 6) is 0.255. The third-order valence-corrected chi connectivity index (χ3v) is 2.20. The summed E-state index contributed by atoms with van der Waals surface area (Å²) < 4.78 is 0. The molecule has 1 rings (SSSR count). The quantitative estimate of drug-likeness (QED) is 0.702. The van der Waals surface area contributed by atoms with Crippen molar-refractivity contribution < 1.29 is 9.90 Å². The second-order valence-corrected chi connectivity index (χ2v) is 3.31. The number of phenols is 1. The molecular weight excluding hydrogens is 178 g/mol. The molecular formula is C11H15NO2. The molecule has 3 nitrogen and oxygen atoms in total. The van der Waals surface area contributed by atoms with Gasteiger partial charge in [0, 0.05) is 0 Å². The molecule has 0 unspecified atom stereocenters. The summed E-state index contributed by atoms with van der Waals surface area (Å²) in [6, 6.07) is 4.70. The molecule has 0 heterocycles. The summed E-state index contributed by atoms with van der Waals surface area (Å²) in [6.07, 6.45) is 2.11. The molecule has 0 aliphatic rings. The lowest BCUT2D eigenvalue weighted by Crippen LogP contribution is -2.24. The Bertz CT molecular complexity index is 323. The first-order valence-electron chi connectivity index (χ1n) is 4.69. The number of carbonyl (C=O) groups excluding carboxylic acids is 1. The van der Waals surface area contributed by atoms with E-state index in [1.165, 1.54) is 0 Å². The lowest BCUT2D eigenvalue weighted by molar-refractivity contribution is -0.108. The molecule has 0 amide bonds. The standard InChI is InChI=1S/C11H15NO2/c1-2-8-6-11(14)4-3-9(8)5-10(12)7-13/h3-4,6-7,10,14H,2,5,12H2,1H3/t10-/m0/s1. The third kappa shape index (κ3) is 2.57. The summed E-state index contributed by atoms with van der Waals surface area (Å²) in [7, 11) is 0. The van der Waals surface area contributed by atoms with Crippen molar-refractivity contribution in [2.75, 3.05) is 0 Å². The number of aldehydes is 1. The monoisotopic (exact) mass is 193 g/mol. The minimum absolute atomic E-state index is 0.255. The molecule has 1 aromatic rings. The van der Waals surface area contributed by atoms with Crippen LogP contribution in [-0.4, -0.2) is 17.4 Å². The average molecular weight is 193 g/mol. The number of nitrogens with two attached hydrogens (primary N) is 1. The van der Waals surface area contributed by atoms with Crippen LogP contribution in [0.1, 0.15) is 18.1 Å². The van der Waals surface area contributed by atoms with E-state index < -0.39 is 6.04 Å². The number of hydrogen-bond donors (Lipinski definition) is 2. The van der Waals surface area contributed by atoms with Crippen molar-refractivity contribution in [3.05, 3.63) is 29.3 Å². The normalized spacial score (nSPS) is 12.4. The highest BCUT2D eigenvalue weighted by Crippen LogP contribution is 2.18. The van der Waals surface area contributed by atoms with Gasteiger partial charge in [0.15, 0.2) is 0 Å². The molecule has 0 aliphatic heterocycles. The Labute approximate surface area is 83.6 Å². The van der Waals surface area contributed by atoms with Crippen LogP contribution in [0.3, 0.4) is 0 Å². The second-order valence-electron chi connectivity index (χ2n) is 3.31. The molecule has 0 aromatic heterocycles. The zero-order chi connectivity index (χ0) is 10.6. The van der Waals surface area contributed by atoms with Crippen LogP contribution >= 0.6 is 0 Å². The highest BCUT2D eigenvalue weighted by molar-refractivity contribution is 5.58. The number of benzene rings is 1. The van der Waals surface area contributed by atoms with Gasteiger partial charge >= 0.3 is 0 Å². The smallest absolute Gasteiger partial charge is 0.137 e. The molecule has 3 heteroatoms. The molecule has 14 heavy (non-hydrogen) atoms. The molecule has 76 valence electrons. The van der Waals surface area contributed by atoms with E-state index in [1.807, 2.05) is 13.0 Å². The zero-order valence-electron chi connectivity index (χ0n) is 8.23. The number of carbonyl (C=O) groups is 1. The largest absolute Gasteiger partial charge is 0.508 e. The molecule has 1 atom stereocenters. The second kappa shape index (κ2) is 4.77. The summed E-state index contributed by atoms with van der Waals surface area (Å²) in [5, 5.41) is 9.26. The fourth-order valence-electron chi connectivity index (χ4n) is 1.44. The van der Waals surface area contributed by atoms with E-state index in [-0.39, 0.29) is 5.75 Å². The van der Waals surface area contributed by atoms with Gasteiger partial charge in [-0.25, -0.2) is 0 Å². The van der Waals surface area contributed by atoms with E-state index in [0.717, 1.165) is 23.8 Å². The predicted molar refractivity (Wildman–Crippen MR) is 55.2 cm³/mol. The van der Waals surface area contributed by atoms with Gasteiger partial charge in [-0.3, -0.25) is 0 Å². The van der Waals surface area contributed by atoms with E-state index in [0.29, 0.717) is 6.42 Å². The van der Waals surface area contributed by atoms with Gasteiger partial charge in [0.2, 0.25) is 0 Å². The highest BCUT2D eigenvalue weighted by atomic mass is 16.3. The molecule has 0 aliphatic carbocycles. The first-order chi connectivity index (χ1) is 6.67. The van der Waals surface area contributed by atoms with Gasteiger partial charge in [0.05, 0.1) is 6.04 Å². The molecule has 0 saturated heterocycles. The SMILES string of the molecule is CCc1cc(O)ccc1C[C@H](N)C=O. The molecule has 0 spiro atoms. The Morgan fingerprint density at radius 3 is 2.79 bits per heavy atom. The molecule has 0 radical (unpaired) electrons. The molecule has 0 fully saturated rings. The van der Waals surface area contributed by atoms with Gasteiger partial charge in [-0.1, -0.05) is 13.0 Å². The van der Waals surface area contributed by atoms with Gasteiger partial charge in [0.1, 0.15) is 12.0 Å². The maximum Gasteiger partial charge on any atom is 0.137 e. The van der Waals surface area contributed by atoms with Crippen molar-refractivity contribution in [3.63, 3.8) is 0 Å². The van der Waals surface area contributed by atoms with Gasteiger partial charge in [-0.05, 0) is 36.1 Å². The number of rotatable bonds is 4. The topological polar surface area (TPSA) is 63.3 Å². The fraction of sp³-hybridized carbons (Fsp3) is 0.364. The number of phenolic OH excluding ortho intramolecular Hbond substituents is 1. The lowest BCUT2D eigenvalue weighted by atomic mass is 9.99. The first kappa shape index (κ1) is 10.7. The Morgan fingerprint density at radius 1 is 1.50 bits per heavy atom. The summed E-state index contributed by atoms with van der Waals surface area (Å²) in [4.78, 5) is 10.4. The summed E-state index contributed by atoms with van der Waals surface area (Å²) in [5.41, 5.74) is 7.61. The van der Waals surface area contributed by atoms with Crippen LogP contribution in [-0.2, 0) is 17.6 Å². The van der Waals surface area contributed by atoms with E-state index in [2.05, 4.69) is 0 Å². The maximum atomic E-state index is 10.4. The van der Waals surface area contributed by atoms with Gasteiger partial charge in [0.25, 0.3) is 0 Å². The minimum atomic E-state index is -0.454. The van der Waals surface area contributed by atoms with Crippen molar-refractivity contribution in [2.24, 2.45) is 5.73 Å². The van der Waals surface area contributed by atoms with Crippen molar-refractivity contribution in [1.29, 1.82) is 0 Å². The van der Waals surface area contributed by atoms with Gasteiger partial charge < -0.3 is 15.6 Å². The predicted octanol–water partition coefficient (Wildman–Crippen LogP) is 1.02. The van der Waals surface area contributed by atoms with Crippen LogP contribution < -0.4 is 5.73 Å². The van der Waals surface area contributed by atoms with Crippen LogP contribution in [0.2, 0.25) is 0 Å². The van der Waals surface area contributed by atoms with Crippen LogP contribution in [0.4, 0.5) is 0 Å². The Morgan fingerprint density at radius 2 is 2.21 bits per heavy atom. The van der Waals surface area contributed by atoms with Gasteiger partial charge in [-0.15, -0.1) is 0 Å². The first-order valence-corrected chi connectivity index (χ1v) is 4.69. The van der Waals surface area contributed by atoms with Gasteiger partial charge in [-0.2, -0.15) is 0 Å². The average Bonchev–Trinajstić information content (AvgIpc) is 2.20. The van der Waals surface area contributed by atoms with Crippen LogP contribution in [0.5, 0.6) is 5.75 Å². The Balaban J connectivity index is 2.90. The Hall–Kier alpha value is -1.35. The lowest BCUT2D eigenvalue weighted by Gasteiger charge is -2.09. The van der Waals surface area contributed by atoms with Crippen molar-refractivity contribution >= 4 is 6.29 Å². The van der Waals surface area contributed by atoms with E-state index in [1.54, 1.807) is 12.1 Å². The van der Waals surface area contributed by atoms with Crippen molar-refractivity contribution in [3.8, 4) is 5.75 Å². The van der Waals surface area contributed by atoms with Crippen molar-refractivity contribution in [1.82, 2.24) is 0 Å². The van der Waals surface area contributed by atoms with E-state index >= 15 is 0 Å². The van der Waals surface area contributed by atoms with E-state index in [4.69, 9.17) is 5.73 Å². The summed E-state index contributed by atoms with van der Waals surface area (Å²) >= 11 is 0. The Kier molecular flexibility index (Phi) is 3.65. The highest BCUT2D eigenvalue weighted by Gasteiger charge is 2.06. The molecule has 1 aromatic carbocycles. The van der Waals surface area contributed by atoms with Crippen LogP contribution in [0, 0.1) is 0 Å².